The lowest BCUT2D eigenvalue weighted by molar-refractivity contribution is -0.189. The third kappa shape index (κ3) is 5.78. The molecule has 0 unspecified atom stereocenters. The topological polar surface area (TPSA) is 18.5 Å². The van der Waals surface area contributed by atoms with E-state index in [0.717, 1.165) is 0 Å². The van der Waals surface area contributed by atoms with Crippen LogP contribution in [0.25, 0.3) is 0 Å². The molecule has 0 radical (unpaired) electrons. The first kappa shape index (κ1) is 7.78. The zero-order valence-corrected chi connectivity index (χ0v) is 4.56. The van der Waals surface area contributed by atoms with Crippen molar-refractivity contribution in [2.24, 2.45) is 0 Å². The van der Waals surface area contributed by atoms with Gasteiger partial charge in [0.15, 0.2) is 6.79 Å². The molecule has 0 aliphatic rings. The van der Waals surface area contributed by atoms with Crippen molar-refractivity contribution in [1.82, 2.24) is 0 Å². The van der Waals surface area contributed by atoms with Crippen LogP contribution in [-0.4, -0.2) is 20.0 Å². The highest BCUT2D eigenvalue weighted by Gasteiger charge is 1.98. The number of halogens is 2. The van der Waals surface area contributed by atoms with Gasteiger partial charge in [0.1, 0.15) is 0 Å². The Hall–Kier alpha value is -0.220. The predicted octanol–water partition coefficient (Wildman–Crippen LogP) is 1.22. The first-order valence-electron chi connectivity index (χ1n) is 2.25. The molecule has 0 aliphatic heterocycles. The zero-order valence-electron chi connectivity index (χ0n) is 4.56. The summed E-state index contributed by atoms with van der Waals surface area (Å²) >= 11 is 0. The van der Waals surface area contributed by atoms with Crippen LogP contribution in [0.3, 0.4) is 0 Å². The molecular weight excluding hydrogens is 118 g/mol. The van der Waals surface area contributed by atoms with E-state index in [0.29, 0.717) is 6.61 Å². The van der Waals surface area contributed by atoms with Crippen LogP contribution >= 0.6 is 0 Å². The largest absolute Gasteiger partial charge is 0.355 e. The quantitative estimate of drug-likeness (QED) is 0.416. The maximum absolute atomic E-state index is 11.1. The van der Waals surface area contributed by atoms with Crippen molar-refractivity contribution < 1.29 is 18.3 Å². The van der Waals surface area contributed by atoms with E-state index in [1.807, 2.05) is 0 Å². The highest BCUT2D eigenvalue weighted by atomic mass is 19.3. The molecule has 50 valence electrons. The molecule has 0 N–H and O–H groups in total. The molecule has 0 atom stereocenters. The summed E-state index contributed by atoms with van der Waals surface area (Å²) in [7, 11) is 0. The molecule has 0 bridgehead atoms. The molecule has 0 saturated carbocycles. The third-order valence-electron chi connectivity index (χ3n) is 0.481. The van der Waals surface area contributed by atoms with Gasteiger partial charge in [-0.3, -0.25) is 4.74 Å². The fourth-order valence-electron chi connectivity index (χ4n) is 0.183. The molecule has 4 heteroatoms. The summed E-state index contributed by atoms with van der Waals surface area (Å²) in [5.41, 5.74) is 0. The predicted molar refractivity (Wildman–Crippen MR) is 23.6 cm³/mol. The Kier molecular flexibility index (Phi) is 4.79. The van der Waals surface area contributed by atoms with Crippen molar-refractivity contribution in [3.63, 3.8) is 0 Å². The average molecular weight is 126 g/mol. The molecule has 0 aliphatic carbocycles. The summed E-state index contributed by atoms with van der Waals surface area (Å²) in [5.74, 6) is 0. The van der Waals surface area contributed by atoms with Crippen molar-refractivity contribution in [3.05, 3.63) is 0 Å². The van der Waals surface area contributed by atoms with Crippen molar-refractivity contribution in [1.29, 1.82) is 0 Å². The molecule has 0 fully saturated rings. The van der Waals surface area contributed by atoms with Crippen LogP contribution in [0.4, 0.5) is 8.78 Å². The molecule has 0 rings (SSSR count). The first-order chi connectivity index (χ1) is 3.77. The molecule has 0 aromatic rings. The summed E-state index contributed by atoms with van der Waals surface area (Å²) in [5, 5.41) is 0. The highest BCUT2D eigenvalue weighted by molar-refractivity contribution is 4.08. The number of hydrogen-bond donors (Lipinski definition) is 0. The molecular formula is C4H8F2O2. The third-order valence-corrected chi connectivity index (χ3v) is 0.481. The second kappa shape index (κ2) is 4.93. The van der Waals surface area contributed by atoms with Gasteiger partial charge in [0.2, 0.25) is 0 Å². The van der Waals surface area contributed by atoms with E-state index >= 15 is 0 Å². The molecule has 0 spiro atoms. The molecule has 0 aromatic carbocycles. The van der Waals surface area contributed by atoms with Crippen molar-refractivity contribution in [3.8, 4) is 0 Å². The van der Waals surface area contributed by atoms with Crippen molar-refractivity contribution >= 4 is 0 Å². The Morgan fingerprint density at radius 3 is 2.50 bits per heavy atom. The second-order valence-electron chi connectivity index (χ2n) is 1.04. The number of alkyl halides is 2. The van der Waals surface area contributed by atoms with Crippen LogP contribution in [0, 0.1) is 0 Å². The number of hydrogen-bond acceptors (Lipinski definition) is 2. The molecule has 8 heavy (non-hydrogen) atoms. The van der Waals surface area contributed by atoms with Crippen LogP contribution in [0.2, 0.25) is 0 Å². The van der Waals surface area contributed by atoms with Gasteiger partial charge >= 0.3 is 6.61 Å². The van der Waals surface area contributed by atoms with Crippen LogP contribution in [0.15, 0.2) is 0 Å². The Balaban J connectivity index is 2.72. The smallest absolute Gasteiger partial charge is 0.347 e. The minimum atomic E-state index is -2.72. The van der Waals surface area contributed by atoms with Gasteiger partial charge in [-0.05, 0) is 6.92 Å². The van der Waals surface area contributed by atoms with Gasteiger partial charge in [-0.25, -0.2) is 0 Å². The van der Waals surface area contributed by atoms with Gasteiger partial charge < -0.3 is 4.74 Å². The van der Waals surface area contributed by atoms with Gasteiger partial charge in [-0.1, -0.05) is 0 Å². The first-order valence-corrected chi connectivity index (χ1v) is 2.25. The lowest BCUT2D eigenvalue weighted by Gasteiger charge is -1.99. The number of ether oxygens (including phenoxy) is 2. The lowest BCUT2D eigenvalue weighted by Crippen LogP contribution is -2.03. The van der Waals surface area contributed by atoms with E-state index < -0.39 is 6.61 Å². The van der Waals surface area contributed by atoms with E-state index in [9.17, 15) is 8.78 Å². The van der Waals surface area contributed by atoms with E-state index in [1.165, 1.54) is 0 Å². The fraction of sp³-hybridized carbons (Fsp3) is 1.00. The maximum atomic E-state index is 11.1. The minimum Gasteiger partial charge on any atom is -0.355 e. The van der Waals surface area contributed by atoms with Gasteiger partial charge in [-0.2, -0.15) is 8.78 Å². The highest BCUT2D eigenvalue weighted by Crippen LogP contribution is 1.92. The molecule has 0 heterocycles. The maximum Gasteiger partial charge on any atom is 0.347 e. The van der Waals surface area contributed by atoms with Crippen LogP contribution in [0.5, 0.6) is 0 Å². The van der Waals surface area contributed by atoms with Crippen LogP contribution in [0.1, 0.15) is 6.92 Å². The summed E-state index contributed by atoms with van der Waals surface area (Å²) in [6.45, 7) is -0.947. The Morgan fingerprint density at radius 2 is 2.12 bits per heavy atom. The Morgan fingerprint density at radius 1 is 1.50 bits per heavy atom. The van der Waals surface area contributed by atoms with Gasteiger partial charge in [-0.15, -0.1) is 0 Å². The average Bonchev–Trinajstić information content (AvgIpc) is 1.66. The molecule has 0 saturated heterocycles. The van der Waals surface area contributed by atoms with Crippen LogP contribution < -0.4 is 0 Å². The van der Waals surface area contributed by atoms with E-state index in [2.05, 4.69) is 9.47 Å². The summed E-state index contributed by atoms with van der Waals surface area (Å²) in [6, 6.07) is 0. The second-order valence-corrected chi connectivity index (χ2v) is 1.04. The van der Waals surface area contributed by atoms with E-state index in [-0.39, 0.29) is 6.79 Å². The summed E-state index contributed by atoms with van der Waals surface area (Å²) < 4.78 is 30.3. The van der Waals surface area contributed by atoms with Crippen molar-refractivity contribution in [2.45, 2.75) is 13.5 Å². The van der Waals surface area contributed by atoms with E-state index in [1.54, 1.807) is 6.92 Å². The van der Waals surface area contributed by atoms with Gasteiger partial charge in [0.25, 0.3) is 0 Å². The summed E-state index contributed by atoms with van der Waals surface area (Å²) in [6.07, 6.45) is 0. The number of rotatable bonds is 4. The monoisotopic (exact) mass is 126 g/mol. The lowest BCUT2D eigenvalue weighted by atomic mass is 10.9. The van der Waals surface area contributed by atoms with Gasteiger partial charge in [0, 0.05) is 6.61 Å². The minimum absolute atomic E-state index is 0.325. The standard InChI is InChI=1S/C4H8F2O2/c1-2-7-3-8-4(5)6/h4H,2-3H2,1H3. The fourth-order valence-corrected chi connectivity index (χ4v) is 0.183. The van der Waals surface area contributed by atoms with Crippen LogP contribution in [-0.2, 0) is 9.47 Å². The molecule has 0 aromatic heterocycles. The SMILES string of the molecule is CCOCOC(F)F. The zero-order chi connectivity index (χ0) is 6.41. The molecule has 2 nitrogen and oxygen atoms in total. The molecule has 0 amide bonds. The van der Waals surface area contributed by atoms with Crippen molar-refractivity contribution in [2.75, 3.05) is 13.4 Å². The summed E-state index contributed by atoms with van der Waals surface area (Å²) in [4.78, 5) is 0. The van der Waals surface area contributed by atoms with Gasteiger partial charge in [0.05, 0.1) is 0 Å². The Bertz CT molecular complexity index is 49.3. The Labute approximate surface area is 46.4 Å². The normalized spacial score (nSPS) is 10.5. The van der Waals surface area contributed by atoms with E-state index in [4.69, 9.17) is 0 Å².